The first-order valence-corrected chi connectivity index (χ1v) is 4.50. The van der Waals surface area contributed by atoms with E-state index in [0.717, 1.165) is 17.9 Å². The lowest BCUT2D eigenvalue weighted by atomic mass is 10.2. The van der Waals surface area contributed by atoms with Crippen LogP contribution in [-0.4, -0.2) is 23.7 Å². The van der Waals surface area contributed by atoms with Crippen molar-refractivity contribution >= 4 is 5.82 Å². The molecule has 0 aliphatic heterocycles. The van der Waals surface area contributed by atoms with Gasteiger partial charge in [-0.3, -0.25) is 0 Å². The number of aliphatic hydroxyl groups excluding tert-OH is 1. The minimum atomic E-state index is -0.424. The molecule has 0 bridgehead atoms. The van der Waals surface area contributed by atoms with Crippen molar-refractivity contribution in [2.24, 2.45) is 0 Å². The van der Waals surface area contributed by atoms with E-state index in [1.165, 1.54) is 0 Å². The highest BCUT2D eigenvalue weighted by molar-refractivity contribution is 5.40. The van der Waals surface area contributed by atoms with Crippen LogP contribution in [0, 0.1) is 0 Å². The fourth-order valence-electron chi connectivity index (χ4n) is 1.06. The summed E-state index contributed by atoms with van der Waals surface area (Å²) in [5, 5.41) is 9.36. The topological polar surface area (TPSA) is 36.4 Å². The molecule has 1 N–H and O–H groups in total. The Morgan fingerprint density at radius 1 is 1.62 bits per heavy atom. The molecule has 0 saturated heterocycles. The van der Waals surface area contributed by atoms with E-state index < -0.39 is 6.10 Å². The van der Waals surface area contributed by atoms with Crippen molar-refractivity contribution in [2.75, 3.05) is 18.5 Å². The van der Waals surface area contributed by atoms with Crippen molar-refractivity contribution in [3.05, 3.63) is 23.9 Å². The van der Waals surface area contributed by atoms with Gasteiger partial charge in [0.1, 0.15) is 5.82 Å². The maximum Gasteiger partial charge on any atom is 0.128 e. The summed E-state index contributed by atoms with van der Waals surface area (Å²) in [5.74, 6) is 0.904. The maximum absolute atomic E-state index is 9.36. The first-order valence-electron chi connectivity index (χ1n) is 4.50. The van der Waals surface area contributed by atoms with Crippen LogP contribution in [0.15, 0.2) is 18.3 Å². The van der Waals surface area contributed by atoms with E-state index in [1.54, 1.807) is 13.1 Å². The Bertz CT molecular complexity index is 273. The van der Waals surface area contributed by atoms with Gasteiger partial charge in [0.05, 0.1) is 6.10 Å². The van der Waals surface area contributed by atoms with Crippen LogP contribution in [0.4, 0.5) is 5.82 Å². The molecule has 1 aromatic heterocycles. The van der Waals surface area contributed by atoms with Crippen LogP contribution in [-0.2, 0) is 0 Å². The monoisotopic (exact) mass is 180 g/mol. The lowest BCUT2D eigenvalue weighted by Gasteiger charge is -2.16. The molecule has 0 unspecified atom stereocenters. The lowest BCUT2D eigenvalue weighted by molar-refractivity contribution is 0.199. The zero-order chi connectivity index (χ0) is 9.84. The third-order valence-corrected chi connectivity index (χ3v) is 2.12. The number of rotatable bonds is 3. The smallest absolute Gasteiger partial charge is 0.128 e. The molecule has 0 aromatic carbocycles. The summed E-state index contributed by atoms with van der Waals surface area (Å²) in [7, 11) is 1.98. The Kier molecular flexibility index (Phi) is 3.25. The molecule has 13 heavy (non-hydrogen) atoms. The first kappa shape index (κ1) is 9.99. The van der Waals surface area contributed by atoms with Crippen LogP contribution in [0.3, 0.4) is 0 Å². The standard InChI is InChI=1S/C10H16N2O/c1-4-12(3)10-7-9(8(2)13)5-6-11-10/h5-8,13H,4H2,1-3H3/t8-/m0/s1. The number of aliphatic hydroxyl groups is 1. The summed E-state index contributed by atoms with van der Waals surface area (Å²) in [6, 6.07) is 3.74. The van der Waals surface area contributed by atoms with Gasteiger partial charge in [0.25, 0.3) is 0 Å². The van der Waals surface area contributed by atoms with Gasteiger partial charge in [0.15, 0.2) is 0 Å². The van der Waals surface area contributed by atoms with Gasteiger partial charge in [-0.25, -0.2) is 4.98 Å². The summed E-state index contributed by atoms with van der Waals surface area (Å²) < 4.78 is 0. The van der Waals surface area contributed by atoms with E-state index in [9.17, 15) is 5.11 Å². The number of hydrogen-bond acceptors (Lipinski definition) is 3. The fraction of sp³-hybridized carbons (Fsp3) is 0.500. The number of pyridine rings is 1. The fourth-order valence-corrected chi connectivity index (χ4v) is 1.06. The second-order valence-corrected chi connectivity index (χ2v) is 3.14. The van der Waals surface area contributed by atoms with E-state index in [-0.39, 0.29) is 0 Å². The first-order chi connectivity index (χ1) is 6.15. The van der Waals surface area contributed by atoms with Crippen LogP contribution in [0.25, 0.3) is 0 Å². The SMILES string of the molecule is CCN(C)c1cc([C@H](C)O)ccn1. The molecule has 0 fully saturated rings. The van der Waals surface area contributed by atoms with Gasteiger partial charge in [0, 0.05) is 19.8 Å². The molecular formula is C10H16N2O. The largest absolute Gasteiger partial charge is 0.389 e. The molecule has 0 amide bonds. The molecule has 1 heterocycles. The van der Waals surface area contributed by atoms with Crippen LogP contribution in [0.1, 0.15) is 25.5 Å². The zero-order valence-corrected chi connectivity index (χ0v) is 8.36. The van der Waals surface area contributed by atoms with Gasteiger partial charge in [-0.05, 0) is 31.5 Å². The number of nitrogens with zero attached hydrogens (tertiary/aromatic N) is 2. The molecule has 1 rings (SSSR count). The molecular weight excluding hydrogens is 164 g/mol. The van der Waals surface area contributed by atoms with Gasteiger partial charge >= 0.3 is 0 Å². The molecule has 1 aromatic rings. The quantitative estimate of drug-likeness (QED) is 0.767. The minimum Gasteiger partial charge on any atom is -0.389 e. The van der Waals surface area contributed by atoms with E-state index in [1.807, 2.05) is 24.1 Å². The van der Waals surface area contributed by atoms with Crippen molar-refractivity contribution < 1.29 is 5.11 Å². The second-order valence-electron chi connectivity index (χ2n) is 3.14. The summed E-state index contributed by atoms with van der Waals surface area (Å²) in [6.45, 7) is 4.73. The van der Waals surface area contributed by atoms with Gasteiger partial charge in [-0.15, -0.1) is 0 Å². The second kappa shape index (κ2) is 4.23. The zero-order valence-electron chi connectivity index (χ0n) is 8.36. The van der Waals surface area contributed by atoms with Gasteiger partial charge in [0.2, 0.25) is 0 Å². The predicted molar refractivity (Wildman–Crippen MR) is 53.8 cm³/mol. The molecule has 72 valence electrons. The predicted octanol–water partition coefficient (Wildman–Crippen LogP) is 1.59. The third kappa shape index (κ3) is 2.42. The Balaban J connectivity index is 2.91. The number of hydrogen-bond donors (Lipinski definition) is 1. The Morgan fingerprint density at radius 3 is 2.85 bits per heavy atom. The van der Waals surface area contributed by atoms with Crippen molar-refractivity contribution in [3.8, 4) is 0 Å². The van der Waals surface area contributed by atoms with E-state index >= 15 is 0 Å². The summed E-state index contributed by atoms with van der Waals surface area (Å²) in [5.41, 5.74) is 0.908. The van der Waals surface area contributed by atoms with Crippen molar-refractivity contribution in [3.63, 3.8) is 0 Å². The molecule has 0 saturated carbocycles. The summed E-state index contributed by atoms with van der Waals surface area (Å²) >= 11 is 0. The van der Waals surface area contributed by atoms with Crippen molar-refractivity contribution in [2.45, 2.75) is 20.0 Å². The highest BCUT2D eigenvalue weighted by Gasteiger charge is 2.04. The molecule has 3 nitrogen and oxygen atoms in total. The van der Waals surface area contributed by atoms with Gasteiger partial charge in [-0.1, -0.05) is 0 Å². The Labute approximate surface area is 79.0 Å². The average molecular weight is 180 g/mol. The van der Waals surface area contributed by atoms with E-state index in [4.69, 9.17) is 0 Å². The number of aromatic nitrogens is 1. The third-order valence-electron chi connectivity index (χ3n) is 2.12. The van der Waals surface area contributed by atoms with Crippen LogP contribution >= 0.6 is 0 Å². The van der Waals surface area contributed by atoms with Crippen LogP contribution in [0.5, 0.6) is 0 Å². The highest BCUT2D eigenvalue weighted by atomic mass is 16.3. The lowest BCUT2D eigenvalue weighted by Crippen LogP contribution is -2.17. The molecule has 0 aliphatic carbocycles. The molecule has 3 heteroatoms. The molecule has 0 radical (unpaired) electrons. The van der Waals surface area contributed by atoms with Crippen molar-refractivity contribution in [1.29, 1.82) is 0 Å². The van der Waals surface area contributed by atoms with Crippen LogP contribution in [0.2, 0.25) is 0 Å². The van der Waals surface area contributed by atoms with Crippen LogP contribution < -0.4 is 4.90 Å². The number of anilines is 1. The normalized spacial score (nSPS) is 12.6. The molecule has 0 aliphatic rings. The van der Waals surface area contributed by atoms with Crippen molar-refractivity contribution in [1.82, 2.24) is 4.98 Å². The van der Waals surface area contributed by atoms with Gasteiger partial charge in [-0.2, -0.15) is 0 Å². The van der Waals surface area contributed by atoms with E-state index in [2.05, 4.69) is 11.9 Å². The molecule has 0 spiro atoms. The summed E-state index contributed by atoms with van der Waals surface area (Å²) in [6.07, 6.45) is 1.30. The summed E-state index contributed by atoms with van der Waals surface area (Å²) in [4.78, 5) is 6.24. The minimum absolute atomic E-state index is 0.424. The molecule has 1 atom stereocenters. The van der Waals surface area contributed by atoms with E-state index in [0.29, 0.717) is 0 Å². The average Bonchev–Trinajstić information content (AvgIpc) is 2.17. The highest BCUT2D eigenvalue weighted by Crippen LogP contribution is 2.16. The Morgan fingerprint density at radius 2 is 2.31 bits per heavy atom. The van der Waals surface area contributed by atoms with Gasteiger partial charge < -0.3 is 10.0 Å². The maximum atomic E-state index is 9.36. The Hall–Kier alpha value is -1.09.